The molecule has 4 rings (SSSR count). The van der Waals surface area contributed by atoms with Crippen LogP contribution in [0, 0.1) is 5.92 Å². The van der Waals surface area contributed by atoms with Gasteiger partial charge in [-0.25, -0.2) is 4.98 Å². The molecule has 0 unspecified atom stereocenters. The number of aryl methyl sites for hydroxylation is 2. The van der Waals surface area contributed by atoms with Crippen LogP contribution in [0.1, 0.15) is 17.8 Å². The second-order valence-corrected chi connectivity index (χ2v) is 6.79. The Morgan fingerprint density at radius 2 is 2.04 bits per heavy atom. The number of para-hydroxylation sites is 3. The molecule has 2 aromatic carbocycles. The zero-order valence-electron chi connectivity index (χ0n) is 14.9. The van der Waals surface area contributed by atoms with E-state index in [0.29, 0.717) is 13.2 Å². The number of imidazole rings is 1. The lowest BCUT2D eigenvalue weighted by atomic mass is 9.96. The Morgan fingerprint density at radius 1 is 1.23 bits per heavy atom. The number of benzene rings is 2. The van der Waals surface area contributed by atoms with Gasteiger partial charge in [-0.3, -0.25) is 4.79 Å². The Balaban J connectivity index is 1.28. The predicted molar refractivity (Wildman–Crippen MR) is 101 cm³/mol. The molecule has 0 spiro atoms. The van der Waals surface area contributed by atoms with E-state index in [1.54, 1.807) is 0 Å². The number of ether oxygens (including phenoxy) is 1. The minimum Gasteiger partial charge on any atom is -0.492 e. The first-order valence-corrected chi connectivity index (χ1v) is 9.11. The van der Waals surface area contributed by atoms with Crippen LogP contribution in [0.4, 0.5) is 0 Å². The highest BCUT2D eigenvalue weighted by atomic mass is 16.5. The maximum atomic E-state index is 12.4. The third kappa shape index (κ3) is 3.29. The Morgan fingerprint density at radius 3 is 2.92 bits per heavy atom. The number of rotatable bonds is 5. The van der Waals surface area contributed by atoms with E-state index < -0.39 is 0 Å². The summed E-state index contributed by atoms with van der Waals surface area (Å²) in [6.07, 6.45) is 2.45. The van der Waals surface area contributed by atoms with Gasteiger partial charge in [0, 0.05) is 20.0 Å². The molecule has 0 fully saturated rings. The van der Waals surface area contributed by atoms with Gasteiger partial charge in [0.1, 0.15) is 18.2 Å². The standard InChI is InChI=1S/C21H23N3O2/c1-24-18-9-4-3-8-17(18)23-20(24)11-6-12-22-21(25)16-13-15-7-2-5-10-19(15)26-14-16/h2-5,7-10,16H,6,11-14H2,1H3,(H,22,25)/t16-/m1/s1. The van der Waals surface area contributed by atoms with Crippen molar-refractivity contribution in [1.82, 2.24) is 14.9 Å². The van der Waals surface area contributed by atoms with Gasteiger partial charge in [0.15, 0.2) is 0 Å². The van der Waals surface area contributed by atoms with Crippen LogP contribution in [0.25, 0.3) is 11.0 Å². The van der Waals surface area contributed by atoms with Gasteiger partial charge >= 0.3 is 0 Å². The van der Waals surface area contributed by atoms with E-state index >= 15 is 0 Å². The van der Waals surface area contributed by atoms with Gasteiger partial charge in [0.05, 0.1) is 17.0 Å². The van der Waals surface area contributed by atoms with Gasteiger partial charge in [0.2, 0.25) is 5.91 Å². The largest absolute Gasteiger partial charge is 0.492 e. The Hall–Kier alpha value is -2.82. The summed E-state index contributed by atoms with van der Waals surface area (Å²) in [5, 5.41) is 3.05. The van der Waals surface area contributed by atoms with Crippen molar-refractivity contribution >= 4 is 16.9 Å². The predicted octanol–water partition coefficient (Wildman–Crippen LogP) is 2.87. The molecule has 26 heavy (non-hydrogen) atoms. The number of nitrogens with zero attached hydrogens (tertiary/aromatic N) is 2. The molecule has 1 aliphatic rings. The van der Waals surface area contributed by atoms with Crippen LogP contribution in [-0.2, 0) is 24.7 Å². The summed E-state index contributed by atoms with van der Waals surface area (Å²) in [5.41, 5.74) is 3.27. The second-order valence-electron chi connectivity index (χ2n) is 6.79. The Bertz CT molecular complexity index is 932. The van der Waals surface area contributed by atoms with Crippen LogP contribution in [-0.4, -0.2) is 28.6 Å². The molecule has 0 saturated carbocycles. The van der Waals surface area contributed by atoms with Crippen molar-refractivity contribution < 1.29 is 9.53 Å². The second kappa shape index (κ2) is 7.20. The quantitative estimate of drug-likeness (QED) is 0.721. The number of carbonyl (C=O) groups is 1. The summed E-state index contributed by atoms with van der Waals surface area (Å²) in [4.78, 5) is 17.1. The van der Waals surface area contributed by atoms with Crippen molar-refractivity contribution in [2.45, 2.75) is 19.3 Å². The maximum absolute atomic E-state index is 12.4. The van der Waals surface area contributed by atoms with Crippen molar-refractivity contribution in [3.05, 3.63) is 59.9 Å². The zero-order valence-corrected chi connectivity index (χ0v) is 14.9. The molecule has 1 atom stereocenters. The fourth-order valence-corrected chi connectivity index (χ4v) is 3.52. The molecule has 0 aliphatic carbocycles. The van der Waals surface area contributed by atoms with Gasteiger partial charge in [-0.15, -0.1) is 0 Å². The average Bonchev–Trinajstić information content (AvgIpc) is 3.01. The topological polar surface area (TPSA) is 56.2 Å². The summed E-state index contributed by atoms with van der Waals surface area (Å²) in [5.74, 6) is 1.92. The van der Waals surface area contributed by atoms with Gasteiger partial charge in [0.25, 0.3) is 0 Å². The highest BCUT2D eigenvalue weighted by Gasteiger charge is 2.25. The van der Waals surface area contributed by atoms with E-state index in [-0.39, 0.29) is 11.8 Å². The normalized spacial score (nSPS) is 16.1. The van der Waals surface area contributed by atoms with E-state index in [1.807, 2.05) is 49.5 Å². The number of aromatic nitrogens is 2. The highest BCUT2D eigenvalue weighted by molar-refractivity contribution is 5.79. The summed E-state index contributed by atoms with van der Waals surface area (Å²) in [7, 11) is 2.04. The third-order valence-electron chi connectivity index (χ3n) is 5.01. The van der Waals surface area contributed by atoms with Crippen LogP contribution >= 0.6 is 0 Å². The van der Waals surface area contributed by atoms with E-state index in [0.717, 1.165) is 47.4 Å². The first-order valence-electron chi connectivity index (χ1n) is 9.11. The fraction of sp³-hybridized carbons (Fsp3) is 0.333. The average molecular weight is 349 g/mol. The lowest BCUT2D eigenvalue weighted by molar-refractivity contribution is -0.126. The number of carbonyl (C=O) groups excluding carboxylic acids is 1. The summed E-state index contributed by atoms with van der Waals surface area (Å²) < 4.78 is 7.84. The minimum absolute atomic E-state index is 0.0736. The van der Waals surface area contributed by atoms with Crippen molar-refractivity contribution in [2.75, 3.05) is 13.2 Å². The van der Waals surface area contributed by atoms with Gasteiger partial charge < -0.3 is 14.6 Å². The van der Waals surface area contributed by atoms with Crippen LogP contribution < -0.4 is 10.1 Å². The lowest BCUT2D eigenvalue weighted by Crippen LogP contribution is -2.37. The van der Waals surface area contributed by atoms with Gasteiger partial charge in [-0.05, 0) is 36.6 Å². The minimum atomic E-state index is -0.111. The zero-order chi connectivity index (χ0) is 17.9. The first kappa shape index (κ1) is 16.6. The van der Waals surface area contributed by atoms with Crippen LogP contribution in [0.5, 0.6) is 5.75 Å². The Labute approximate surface area is 153 Å². The molecule has 0 bridgehead atoms. The van der Waals surface area contributed by atoms with Gasteiger partial charge in [-0.2, -0.15) is 0 Å². The summed E-state index contributed by atoms with van der Waals surface area (Å²) in [6, 6.07) is 16.1. The summed E-state index contributed by atoms with van der Waals surface area (Å²) >= 11 is 0. The smallest absolute Gasteiger partial charge is 0.226 e. The molecule has 3 aromatic rings. The molecule has 2 heterocycles. The number of amides is 1. The number of nitrogens with one attached hydrogen (secondary N) is 1. The molecule has 1 amide bonds. The lowest BCUT2D eigenvalue weighted by Gasteiger charge is -2.24. The van der Waals surface area contributed by atoms with E-state index in [4.69, 9.17) is 4.74 Å². The molecular formula is C21H23N3O2. The van der Waals surface area contributed by atoms with Crippen molar-refractivity contribution in [2.24, 2.45) is 13.0 Å². The molecule has 0 radical (unpaired) electrons. The fourth-order valence-electron chi connectivity index (χ4n) is 3.52. The molecule has 134 valence electrons. The molecule has 5 nitrogen and oxygen atoms in total. The van der Waals surface area contributed by atoms with Crippen LogP contribution in [0.15, 0.2) is 48.5 Å². The maximum Gasteiger partial charge on any atom is 0.226 e. The Kier molecular flexibility index (Phi) is 4.61. The number of hydrogen-bond donors (Lipinski definition) is 1. The number of fused-ring (bicyclic) bond motifs is 2. The van der Waals surface area contributed by atoms with Gasteiger partial charge in [-0.1, -0.05) is 30.3 Å². The van der Waals surface area contributed by atoms with Crippen molar-refractivity contribution in [3.8, 4) is 5.75 Å². The molecule has 1 N–H and O–H groups in total. The van der Waals surface area contributed by atoms with Crippen LogP contribution in [0.3, 0.4) is 0 Å². The van der Waals surface area contributed by atoms with Crippen LogP contribution in [0.2, 0.25) is 0 Å². The van der Waals surface area contributed by atoms with E-state index in [9.17, 15) is 4.79 Å². The van der Waals surface area contributed by atoms with Crippen molar-refractivity contribution in [1.29, 1.82) is 0 Å². The molecule has 1 aromatic heterocycles. The summed E-state index contributed by atoms with van der Waals surface area (Å²) in [6.45, 7) is 1.10. The molecule has 5 heteroatoms. The van der Waals surface area contributed by atoms with E-state index in [2.05, 4.69) is 20.9 Å². The molecular weight excluding hydrogens is 326 g/mol. The van der Waals surface area contributed by atoms with Crippen molar-refractivity contribution in [3.63, 3.8) is 0 Å². The number of hydrogen-bond acceptors (Lipinski definition) is 3. The first-order chi connectivity index (χ1) is 12.7. The SMILES string of the molecule is Cn1c(CCCNC(=O)[C@H]2COc3ccccc3C2)nc2ccccc21. The highest BCUT2D eigenvalue weighted by Crippen LogP contribution is 2.26. The molecule has 0 saturated heterocycles. The third-order valence-corrected chi connectivity index (χ3v) is 5.01. The van der Waals surface area contributed by atoms with E-state index in [1.165, 1.54) is 0 Å². The molecule has 1 aliphatic heterocycles. The monoisotopic (exact) mass is 349 g/mol.